The maximum atomic E-state index is 12.3. The van der Waals surface area contributed by atoms with Crippen LogP contribution in [-0.2, 0) is 9.47 Å². The monoisotopic (exact) mass is 352 g/mol. The van der Waals surface area contributed by atoms with Crippen molar-refractivity contribution in [1.29, 1.82) is 0 Å². The van der Waals surface area contributed by atoms with Crippen LogP contribution in [0, 0.1) is 0 Å². The van der Waals surface area contributed by atoms with Gasteiger partial charge >= 0.3 is 11.9 Å². The first-order chi connectivity index (χ1) is 12.7. The fourth-order valence-corrected chi connectivity index (χ4v) is 2.19. The molecular weight excluding hydrogens is 332 g/mol. The smallest absolute Gasteiger partial charge is 0.338 e. The lowest BCUT2D eigenvalue weighted by atomic mass is 10.1. The van der Waals surface area contributed by atoms with E-state index >= 15 is 0 Å². The molecule has 134 valence electrons. The predicted molar refractivity (Wildman–Crippen MR) is 97.7 cm³/mol. The zero-order chi connectivity index (χ0) is 18.8. The summed E-state index contributed by atoms with van der Waals surface area (Å²) in [6.45, 7) is 3.41. The number of ether oxygens (including phenoxy) is 2. The van der Waals surface area contributed by atoms with E-state index < -0.39 is 24.1 Å². The van der Waals surface area contributed by atoms with Crippen molar-refractivity contribution in [2.24, 2.45) is 0 Å². The van der Waals surface area contributed by atoms with Gasteiger partial charge in [0.1, 0.15) is 0 Å². The number of esters is 2. The molecule has 1 N–H and O–H groups in total. The van der Waals surface area contributed by atoms with Crippen molar-refractivity contribution >= 4 is 11.9 Å². The normalized spacial score (nSPS) is 13.0. The standard InChI is InChI=1S/C21H20O5/c1-2-18(25-20(23)16-10-5-3-6-11-16)19(14-9-15-22)26-21(24)17-12-7-4-8-13-17/h2-14,18-19,22H,1,15H2/b14-9-/t18-,19+/m0/s1. The molecule has 0 aliphatic rings. The molecule has 0 fully saturated rings. The molecule has 0 unspecified atom stereocenters. The first-order valence-corrected chi connectivity index (χ1v) is 8.08. The van der Waals surface area contributed by atoms with Crippen LogP contribution >= 0.6 is 0 Å². The summed E-state index contributed by atoms with van der Waals surface area (Å²) < 4.78 is 10.9. The van der Waals surface area contributed by atoms with E-state index in [0.29, 0.717) is 11.1 Å². The van der Waals surface area contributed by atoms with Gasteiger partial charge in [0.2, 0.25) is 0 Å². The molecule has 0 heterocycles. The summed E-state index contributed by atoms with van der Waals surface area (Å²) in [5.74, 6) is -1.13. The van der Waals surface area contributed by atoms with E-state index in [1.54, 1.807) is 60.7 Å². The molecule has 0 aromatic heterocycles. The Morgan fingerprint density at radius 3 is 1.77 bits per heavy atom. The van der Waals surface area contributed by atoms with Crippen molar-refractivity contribution in [3.8, 4) is 0 Å². The summed E-state index contributed by atoms with van der Waals surface area (Å²) in [4.78, 5) is 24.6. The number of hydrogen-bond acceptors (Lipinski definition) is 5. The maximum Gasteiger partial charge on any atom is 0.338 e. The van der Waals surface area contributed by atoms with Gasteiger partial charge in [-0.2, -0.15) is 0 Å². The van der Waals surface area contributed by atoms with Gasteiger partial charge in [-0.3, -0.25) is 0 Å². The second-order valence-electron chi connectivity index (χ2n) is 5.32. The molecule has 0 aliphatic heterocycles. The third kappa shape index (κ3) is 5.43. The Kier molecular flexibility index (Phi) is 7.33. The molecule has 0 aliphatic carbocycles. The zero-order valence-electron chi connectivity index (χ0n) is 14.2. The number of hydrogen-bond donors (Lipinski definition) is 1. The van der Waals surface area contributed by atoms with Crippen LogP contribution in [-0.4, -0.2) is 35.9 Å². The van der Waals surface area contributed by atoms with Gasteiger partial charge < -0.3 is 14.6 Å². The van der Waals surface area contributed by atoms with E-state index in [-0.39, 0.29) is 6.61 Å². The lowest BCUT2D eigenvalue weighted by molar-refractivity contribution is -0.00730. The van der Waals surface area contributed by atoms with E-state index in [1.807, 2.05) is 0 Å². The van der Waals surface area contributed by atoms with Crippen molar-refractivity contribution < 1.29 is 24.2 Å². The second kappa shape index (κ2) is 9.96. The number of benzene rings is 2. The van der Waals surface area contributed by atoms with Crippen LogP contribution < -0.4 is 0 Å². The van der Waals surface area contributed by atoms with Gasteiger partial charge in [0, 0.05) is 0 Å². The molecule has 0 saturated heterocycles. The number of rotatable bonds is 8. The topological polar surface area (TPSA) is 72.8 Å². The Bertz CT molecular complexity index is 752. The van der Waals surface area contributed by atoms with E-state index in [4.69, 9.17) is 14.6 Å². The summed E-state index contributed by atoms with van der Waals surface area (Å²) in [6.07, 6.45) is 2.44. The predicted octanol–water partition coefficient (Wildman–Crippen LogP) is 3.17. The average molecular weight is 352 g/mol. The minimum atomic E-state index is -0.917. The number of carbonyl (C=O) groups is 2. The first kappa shape index (κ1) is 19.1. The van der Waals surface area contributed by atoms with E-state index in [0.717, 1.165) is 0 Å². The summed E-state index contributed by atoms with van der Waals surface area (Å²) in [6, 6.07) is 16.9. The number of aliphatic hydroxyl groups is 1. The SMILES string of the molecule is C=C[C@H](OC(=O)c1ccccc1)[C@@H](/C=C\CO)OC(=O)c1ccccc1. The number of aliphatic hydroxyl groups excluding tert-OH is 1. The van der Waals surface area contributed by atoms with Crippen LogP contribution in [0.5, 0.6) is 0 Å². The second-order valence-corrected chi connectivity index (χ2v) is 5.32. The highest BCUT2D eigenvalue weighted by atomic mass is 16.6. The highest BCUT2D eigenvalue weighted by molar-refractivity contribution is 5.90. The molecule has 2 atom stereocenters. The van der Waals surface area contributed by atoms with Gasteiger partial charge in [-0.25, -0.2) is 9.59 Å². The molecule has 5 heteroatoms. The van der Waals surface area contributed by atoms with Gasteiger partial charge in [0.25, 0.3) is 0 Å². The van der Waals surface area contributed by atoms with Crippen LogP contribution in [0.2, 0.25) is 0 Å². The molecule has 2 aromatic carbocycles. The minimum absolute atomic E-state index is 0.240. The van der Waals surface area contributed by atoms with Gasteiger partial charge in [-0.05, 0) is 36.4 Å². The maximum absolute atomic E-state index is 12.3. The molecule has 26 heavy (non-hydrogen) atoms. The Morgan fingerprint density at radius 1 is 0.885 bits per heavy atom. The Morgan fingerprint density at radius 2 is 1.35 bits per heavy atom. The first-order valence-electron chi connectivity index (χ1n) is 8.08. The quantitative estimate of drug-likeness (QED) is 0.583. The van der Waals surface area contributed by atoms with Crippen molar-refractivity contribution in [2.45, 2.75) is 12.2 Å². The fraction of sp³-hybridized carbons (Fsp3) is 0.143. The largest absolute Gasteiger partial charge is 0.450 e. The average Bonchev–Trinajstić information content (AvgIpc) is 2.70. The van der Waals surface area contributed by atoms with Crippen LogP contribution in [0.15, 0.2) is 85.5 Å². The third-order valence-corrected chi connectivity index (χ3v) is 3.49. The molecule has 2 rings (SSSR count). The highest BCUT2D eigenvalue weighted by Gasteiger charge is 2.25. The van der Waals surface area contributed by atoms with Gasteiger partial charge in [0.15, 0.2) is 12.2 Å². The van der Waals surface area contributed by atoms with Gasteiger partial charge in [-0.1, -0.05) is 49.1 Å². The van der Waals surface area contributed by atoms with Crippen LogP contribution in [0.25, 0.3) is 0 Å². The van der Waals surface area contributed by atoms with E-state index in [2.05, 4.69) is 6.58 Å². The van der Waals surface area contributed by atoms with Crippen molar-refractivity contribution in [2.75, 3.05) is 6.61 Å². The Labute approximate surface area is 152 Å². The summed E-state index contributed by atoms with van der Waals surface area (Å²) in [7, 11) is 0. The van der Waals surface area contributed by atoms with Crippen molar-refractivity contribution in [3.63, 3.8) is 0 Å². The lowest BCUT2D eigenvalue weighted by Crippen LogP contribution is -2.32. The number of carbonyl (C=O) groups excluding carboxylic acids is 2. The van der Waals surface area contributed by atoms with Crippen LogP contribution in [0.3, 0.4) is 0 Å². The zero-order valence-corrected chi connectivity index (χ0v) is 14.2. The molecule has 0 amide bonds. The molecule has 5 nitrogen and oxygen atoms in total. The molecule has 2 aromatic rings. The van der Waals surface area contributed by atoms with Crippen molar-refractivity contribution in [1.82, 2.24) is 0 Å². The lowest BCUT2D eigenvalue weighted by Gasteiger charge is -2.22. The Balaban J connectivity index is 2.14. The molecular formula is C21H20O5. The fourth-order valence-electron chi connectivity index (χ4n) is 2.19. The van der Waals surface area contributed by atoms with Crippen LogP contribution in [0.1, 0.15) is 20.7 Å². The van der Waals surface area contributed by atoms with E-state index in [9.17, 15) is 9.59 Å². The summed E-state index contributed by atoms with van der Waals surface area (Å²) >= 11 is 0. The highest BCUT2D eigenvalue weighted by Crippen LogP contribution is 2.14. The van der Waals surface area contributed by atoms with E-state index in [1.165, 1.54) is 18.2 Å². The van der Waals surface area contributed by atoms with Crippen LogP contribution in [0.4, 0.5) is 0 Å². The van der Waals surface area contributed by atoms with Crippen molar-refractivity contribution in [3.05, 3.63) is 96.6 Å². The van der Waals surface area contributed by atoms with Gasteiger partial charge in [-0.15, -0.1) is 0 Å². The minimum Gasteiger partial charge on any atom is -0.450 e. The molecule has 0 bridgehead atoms. The van der Waals surface area contributed by atoms with Gasteiger partial charge in [0.05, 0.1) is 17.7 Å². The molecule has 0 saturated carbocycles. The summed E-state index contributed by atoms with van der Waals surface area (Å²) in [5.41, 5.74) is 0.741. The molecule has 0 spiro atoms. The Hall–Kier alpha value is -3.18. The third-order valence-electron chi connectivity index (χ3n) is 3.49. The summed E-state index contributed by atoms with van der Waals surface area (Å²) in [5, 5.41) is 9.02. The molecule has 0 radical (unpaired) electrons.